The molecule has 5 heteroatoms. The van der Waals surface area contributed by atoms with Crippen molar-refractivity contribution >= 4 is 28.8 Å². The monoisotopic (exact) mass is 267 g/mol. The molecule has 0 bridgehead atoms. The Labute approximate surface area is 110 Å². The lowest BCUT2D eigenvalue weighted by Crippen LogP contribution is -2.26. The fraction of sp³-hybridized carbons (Fsp3) is 0.333. The van der Waals surface area contributed by atoms with Gasteiger partial charge in [0.1, 0.15) is 17.3 Å². The lowest BCUT2D eigenvalue weighted by atomic mass is 9.91. The van der Waals surface area contributed by atoms with E-state index in [1.54, 1.807) is 17.4 Å². The van der Waals surface area contributed by atoms with E-state index in [0.29, 0.717) is 5.15 Å². The molecule has 0 saturated carbocycles. The fourth-order valence-electron chi connectivity index (χ4n) is 1.49. The molecule has 0 unspecified atom stereocenters. The van der Waals surface area contributed by atoms with Crippen LogP contribution in [0.2, 0.25) is 5.15 Å². The van der Waals surface area contributed by atoms with E-state index in [4.69, 9.17) is 11.6 Å². The Balaban J connectivity index is 2.03. The van der Waals surface area contributed by atoms with E-state index < -0.39 is 0 Å². The first-order valence-electron chi connectivity index (χ1n) is 5.33. The number of halogens is 1. The van der Waals surface area contributed by atoms with E-state index in [9.17, 15) is 0 Å². The Bertz CT molecular complexity index is 482. The summed E-state index contributed by atoms with van der Waals surface area (Å²) >= 11 is 7.57. The first-order valence-corrected chi connectivity index (χ1v) is 6.59. The highest BCUT2D eigenvalue weighted by Crippen LogP contribution is 2.27. The molecule has 3 nitrogen and oxygen atoms in total. The van der Waals surface area contributed by atoms with Crippen molar-refractivity contribution < 1.29 is 0 Å². The van der Waals surface area contributed by atoms with Crippen LogP contribution < -0.4 is 5.32 Å². The Hall–Kier alpha value is -1.13. The molecule has 2 aromatic rings. The lowest BCUT2D eigenvalue weighted by molar-refractivity contribution is 0.568. The number of aromatic nitrogens is 2. The third-order valence-electron chi connectivity index (χ3n) is 2.53. The van der Waals surface area contributed by atoms with Gasteiger partial charge in [0, 0.05) is 22.9 Å². The second-order valence-corrected chi connectivity index (χ2v) is 5.78. The second kappa shape index (κ2) is 5.02. The summed E-state index contributed by atoms with van der Waals surface area (Å²) in [5, 5.41) is 5.84. The molecule has 0 radical (unpaired) electrons. The minimum absolute atomic E-state index is 0.0750. The molecule has 0 spiro atoms. The summed E-state index contributed by atoms with van der Waals surface area (Å²) in [6.45, 7) is 5.21. The standard InChI is InChI=1S/C12H14ClN3S/c1-12(2,9-4-3-5-17-9)7-14-11-6-10(13)15-8-16-11/h3-6,8H,7H2,1-2H3,(H,14,15,16). The molecule has 0 atom stereocenters. The maximum absolute atomic E-state index is 5.81. The quantitative estimate of drug-likeness (QED) is 0.861. The first-order chi connectivity index (χ1) is 8.08. The average molecular weight is 268 g/mol. The van der Waals surface area contributed by atoms with Crippen LogP contribution in [0, 0.1) is 0 Å². The highest BCUT2D eigenvalue weighted by molar-refractivity contribution is 7.10. The number of nitrogens with one attached hydrogen (secondary N) is 1. The number of anilines is 1. The minimum Gasteiger partial charge on any atom is -0.369 e. The molecule has 0 saturated heterocycles. The van der Waals surface area contributed by atoms with Gasteiger partial charge in [0.2, 0.25) is 0 Å². The molecule has 1 N–H and O–H groups in total. The van der Waals surface area contributed by atoms with Crippen molar-refractivity contribution in [2.45, 2.75) is 19.3 Å². The predicted molar refractivity (Wildman–Crippen MR) is 72.9 cm³/mol. The topological polar surface area (TPSA) is 37.8 Å². The summed E-state index contributed by atoms with van der Waals surface area (Å²) in [7, 11) is 0. The van der Waals surface area contributed by atoms with E-state index in [-0.39, 0.29) is 5.41 Å². The van der Waals surface area contributed by atoms with E-state index in [0.717, 1.165) is 12.4 Å². The van der Waals surface area contributed by atoms with Gasteiger partial charge < -0.3 is 5.32 Å². The third-order valence-corrected chi connectivity index (χ3v) is 3.98. The van der Waals surface area contributed by atoms with E-state index >= 15 is 0 Å². The van der Waals surface area contributed by atoms with Gasteiger partial charge in [-0.25, -0.2) is 9.97 Å². The van der Waals surface area contributed by atoms with Gasteiger partial charge in [-0.2, -0.15) is 0 Å². The molecular formula is C12H14ClN3S. The van der Waals surface area contributed by atoms with Crippen LogP contribution in [0.3, 0.4) is 0 Å². The molecular weight excluding hydrogens is 254 g/mol. The van der Waals surface area contributed by atoms with Crippen molar-refractivity contribution in [1.82, 2.24) is 9.97 Å². The molecule has 0 amide bonds. The van der Waals surface area contributed by atoms with Crippen molar-refractivity contribution in [3.63, 3.8) is 0 Å². The highest BCUT2D eigenvalue weighted by Gasteiger charge is 2.21. The van der Waals surface area contributed by atoms with E-state index in [2.05, 4.69) is 46.6 Å². The van der Waals surface area contributed by atoms with Crippen molar-refractivity contribution in [2.75, 3.05) is 11.9 Å². The van der Waals surface area contributed by atoms with Gasteiger partial charge in [-0.3, -0.25) is 0 Å². The zero-order chi connectivity index (χ0) is 12.3. The maximum atomic E-state index is 5.81. The SMILES string of the molecule is CC(C)(CNc1cc(Cl)ncn1)c1cccs1. The van der Waals surface area contributed by atoms with Crippen LogP contribution in [-0.2, 0) is 5.41 Å². The molecule has 17 heavy (non-hydrogen) atoms. The fourth-order valence-corrected chi connectivity index (χ4v) is 2.49. The van der Waals surface area contributed by atoms with Crippen molar-refractivity contribution in [3.8, 4) is 0 Å². The Morgan fingerprint density at radius 1 is 1.41 bits per heavy atom. The van der Waals surface area contributed by atoms with Crippen LogP contribution in [0.5, 0.6) is 0 Å². The smallest absolute Gasteiger partial charge is 0.134 e. The van der Waals surface area contributed by atoms with Gasteiger partial charge in [-0.1, -0.05) is 31.5 Å². The normalized spacial score (nSPS) is 11.5. The number of thiophene rings is 1. The molecule has 0 fully saturated rings. The Morgan fingerprint density at radius 2 is 2.24 bits per heavy atom. The molecule has 0 aliphatic rings. The maximum Gasteiger partial charge on any atom is 0.134 e. The number of hydrogen-bond acceptors (Lipinski definition) is 4. The van der Waals surface area contributed by atoms with Crippen molar-refractivity contribution in [1.29, 1.82) is 0 Å². The molecule has 0 aliphatic carbocycles. The zero-order valence-electron chi connectivity index (χ0n) is 9.77. The summed E-state index contributed by atoms with van der Waals surface area (Å²) in [5.74, 6) is 0.759. The molecule has 90 valence electrons. The summed E-state index contributed by atoms with van der Waals surface area (Å²) < 4.78 is 0. The molecule has 2 rings (SSSR count). The number of nitrogens with zero attached hydrogens (tertiary/aromatic N) is 2. The van der Waals surface area contributed by atoms with Gasteiger partial charge in [0.15, 0.2) is 0 Å². The molecule has 2 aromatic heterocycles. The van der Waals surface area contributed by atoms with Gasteiger partial charge in [0.05, 0.1) is 0 Å². The average Bonchev–Trinajstić information content (AvgIpc) is 2.81. The number of hydrogen-bond donors (Lipinski definition) is 1. The van der Waals surface area contributed by atoms with Gasteiger partial charge in [-0.15, -0.1) is 11.3 Å². The lowest BCUT2D eigenvalue weighted by Gasteiger charge is -2.23. The van der Waals surface area contributed by atoms with Crippen LogP contribution in [0.25, 0.3) is 0 Å². The van der Waals surface area contributed by atoms with Crippen LogP contribution in [-0.4, -0.2) is 16.5 Å². The summed E-state index contributed by atoms with van der Waals surface area (Å²) in [6, 6.07) is 5.95. The summed E-state index contributed by atoms with van der Waals surface area (Å²) in [5.41, 5.74) is 0.0750. The van der Waals surface area contributed by atoms with Crippen molar-refractivity contribution in [2.24, 2.45) is 0 Å². The predicted octanol–water partition coefficient (Wildman–Crippen LogP) is 3.58. The molecule has 0 aromatic carbocycles. The second-order valence-electron chi connectivity index (χ2n) is 4.44. The Kier molecular flexibility index (Phi) is 3.64. The zero-order valence-corrected chi connectivity index (χ0v) is 11.3. The first kappa shape index (κ1) is 12.3. The number of rotatable bonds is 4. The van der Waals surface area contributed by atoms with Crippen LogP contribution >= 0.6 is 22.9 Å². The van der Waals surface area contributed by atoms with Crippen LogP contribution in [0.4, 0.5) is 5.82 Å². The largest absolute Gasteiger partial charge is 0.369 e. The summed E-state index contributed by atoms with van der Waals surface area (Å²) in [6.07, 6.45) is 1.46. The van der Waals surface area contributed by atoms with E-state index in [1.165, 1.54) is 11.2 Å². The minimum atomic E-state index is 0.0750. The Morgan fingerprint density at radius 3 is 2.88 bits per heavy atom. The van der Waals surface area contributed by atoms with Crippen LogP contribution in [0.15, 0.2) is 29.9 Å². The van der Waals surface area contributed by atoms with Crippen molar-refractivity contribution in [3.05, 3.63) is 39.9 Å². The highest BCUT2D eigenvalue weighted by atomic mass is 35.5. The molecule has 2 heterocycles. The van der Waals surface area contributed by atoms with Crippen LogP contribution in [0.1, 0.15) is 18.7 Å². The summed E-state index contributed by atoms with van der Waals surface area (Å²) in [4.78, 5) is 9.32. The molecule has 0 aliphatic heterocycles. The van der Waals surface area contributed by atoms with Gasteiger partial charge >= 0.3 is 0 Å². The third kappa shape index (κ3) is 3.17. The van der Waals surface area contributed by atoms with Gasteiger partial charge in [-0.05, 0) is 11.4 Å². The van der Waals surface area contributed by atoms with E-state index in [1.807, 2.05) is 0 Å². The van der Waals surface area contributed by atoms with Gasteiger partial charge in [0.25, 0.3) is 0 Å².